The van der Waals surface area contributed by atoms with Crippen LogP contribution in [0.25, 0.3) is 11.1 Å². The third-order valence-corrected chi connectivity index (χ3v) is 8.45. The molecule has 0 aromatic heterocycles. The van der Waals surface area contributed by atoms with Crippen molar-refractivity contribution in [2.75, 3.05) is 9.80 Å². The molecule has 0 aliphatic rings. The number of benzene rings is 6. The Kier molecular flexibility index (Phi) is 9.49. The zero-order valence-corrected chi connectivity index (χ0v) is 27.4. The monoisotopic (exact) mass is 616 g/mol. The van der Waals surface area contributed by atoms with E-state index in [0.717, 1.165) is 51.7 Å². The lowest BCUT2D eigenvalue weighted by molar-refractivity contribution is -0.138. The molecule has 1 atom stereocenters. The fraction of sp³-hybridized carbons (Fsp3) is 0.140. The third kappa shape index (κ3) is 7.29. The molecule has 4 nitrogen and oxygen atoms in total. The Labute approximate surface area is 278 Å². The fourth-order valence-corrected chi connectivity index (χ4v) is 5.66. The molecule has 0 radical (unpaired) electrons. The Morgan fingerprint density at radius 3 is 1.36 bits per heavy atom. The van der Waals surface area contributed by atoms with Crippen LogP contribution in [0.15, 0.2) is 152 Å². The van der Waals surface area contributed by atoms with Gasteiger partial charge in [-0.3, -0.25) is 4.79 Å². The molecule has 0 fully saturated rings. The standard InChI is InChI=1S/C43H40N2O2/c1-5-33(4)43(46)47-42-27-25-39(26-28-42)45(41-16-10-12-32(3)30-41)38-23-19-35(20-24-38)34-17-21-37(22-18-34)44(36-13-7-6-8-14-36)40-15-9-11-31(2)29-40/h6-30,33H,5H2,1-4H3. The van der Waals surface area contributed by atoms with Gasteiger partial charge in [-0.05, 0) is 127 Å². The summed E-state index contributed by atoms with van der Waals surface area (Å²) in [5.74, 6) is 0.210. The third-order valence-electron chi connectivity index (χ3n) is 8.45. The van der Waals surface area contributed by atoms with Gasteiger partial charge in [0.25, 0.3) is 0 Å². The smallest absolute Gasteiger partial charge is 0.314 e. The predicted octanol–water partition coefficient (Wildman–Crippen LogP) is 11.9. The molecule has 234 valence electrons. The van der Waals surface area contributed by atoms with Crippen LogP contribution in [0.2, 0.25) is 0 Å². The van der Waals surface area contributed by atoms with Crippen molar-refractivity contribution in [1.29, 1.82) is 0 Å². The van der Waals surface area contributed by atoms with Gasteiger partial charge in [0.1, 0.15) is 5.75 Å². The summed E-state index contributed by atoms with van der Waals surface area (Å²) >= 11 is 0. The topological polar surface area (TPSA) is 32.8 Å². The molecule has 0 aliphatic heterocycles. The van der Waals surface area contributed by atoms with Crippen molar-refractivity contribution in [3.05, 3.63) is 163 Å². The van der Waals surface area contributed by atoms with Crippen molar-refractivity contribution in [2.45, 2.75) is 34.1 Å². The van der Waals surface area contributed by atoms with Crippen LogP contribution in [0.1, 0.15) is 31.4 Å². The molecule has 6 aromatic carbocycles. The second-order valence-corrected chi connectivity index (χ2v) is 12.0. The first-order valence-corrected chi connectivity index (χ1v) is 16.2. The summed E-state index contributed by atoms with van der Waals surface area (Å²) in [7, 11) is 0. The Bertz CT molecular complexity index is 1930. The number of nitrogens with zero attached hydrogens (tertiary/aromatic N) is 2. The molecule has 6 rings (SSSR count). The van der Waals surface area contributed by atoms with Crippen molar-refractivity contribution in [3.8, 4) is 16.9 Å². The first-order chi connectivity index (χ1) is 22.9. The lowest BCUT2D eigenvalue weighted by Crippen LogP contribution is -2.17. The van der Waals surface area contributed by atoms with Crippen LogP contribution in [0.3, 0.4) is 0 Å². The Morgan fingerprint density at radius 1 is 0.532 bits per heavy atom. The lowest BCUT2D eigenvalue weighted by Gasteiger charge is -2.26. The van der Waals surface area contributed by atoms with Gasteiger partial charge in [-0.1, -0.05) is 80.6 Å². The van der Waals surface area contributed by atoms with Gasteiger partial charge in [0, 0.05) is 34.1 Å². The van der Waals surface area contributed by atoms with Crippen LogP contribution >= 0.6 is 0 Å². The van der Waals surface area contributed by atoms with Crippen molar-refractivity contribution in [2.24, 2.45) is 5.92 Å². The van der Waals surface area contributed by atoms with Gasteiger partial charge in [-0.25, -0.2) is 0 Å². The van der Waals surface area contributed by atoms with Gasteiger partial charge in [0.2, 0.25) is 0 Å². The fourth-order valence-electron chi connectivity index (χ4n) is 5.66. The second-order valence-electron chi connectivity index (χ2n) is 12.0. The number of carbonyl (C=O) groups is 1. The molecule has 4 heteroatoms. The van der Waals surface area contributed by atoms with Gasteiger partial charge in [0.15, 0.2) is 0 Å². The van der Waals surface area contributed by atoms with E-state index in [2.05, 4.69) is 145 Å². The lowest BCUT2D eigenvalue weighted by atomic mass is 10.0. The maximum Gasteiger partial charge on any atom is 0.314 e. The minimum Gasteiger partial charge on any atom is -0.426 e. The SMILES string of the molecule is CCC(C)C(=O)Oc1ccc(N(c2ccc(-c3ccc(N(c4ccccc4)c4cccc(C)c4)cc3)cc2)c2cccc(C)c2)cc1. The molecular formula is C43H40N2O2. The summed E-state index contributed by atoms with van der Waals surface area (Å²) in [6.07, 6.45) is 0.748. The highest BCUT2D eigenvalue weighted by Gasteiger charge is 2.17. The van der Waals surface area contributed by atoms with E-state index < -0.39 is 0 Å². The second kappa shape index (κ2) is 14.2. The van der Waals surface area contributed by atoms with Gasteiger partial charge in [0.05, 0.1) is 5.92 Å². The number of anilines is 6. The van der Waals surface area contributed by atoms with E-state index in [0.29, 0.717) is 5.75 Å². The highest BCUT2D eigenvalue weighted by molar-refractivity contribution is 5.81. The summed E-state index contributed by atoms with van der Waals surface area (Å²) < 4.78 is 5.62. The van der Waals surface area contributed by atoms with E-state index >= 15 is 0 Å². The number of rotatable bonds is 10. The summed E-state index contributed by atoms with van der Waals surface area (Å²) in [4.78, 5) is 16.9. The Hall–Kier alpha value is -5.61. The number of carbonyl (C=O) groups excluding carboxylic acids is 1. The first kappa shape index (κ1) is 31.4. The van der Waals surface area contributed by atoms with Gasteiger partial charge < -0.3 is 14.5 Å². The molecule has 0 aliphatic carbocycles. The van der Waals surface area contributed by atoms with Crippen molar-refractivity contribution >= 4 is 40.1 Å². The average Bonchev–Trinajstić information content (AvgIpc) is 3.10. The van der Waals surface area contributed by atoms with Crippen LogP contribution in [-0.4, -0.2) is 5.97 Å². The zero-order chi connectivity index (χ0) is 32.8. The first-order valence-electron chi connectivity index (χ1n) is 16.2. The van der Waals surface area contributed by atoms with E-state index in [1.54, 1.807) is 0 Å². The minimum atomic E-state index is -0.206. The predicted molar refractivity (Wildman–Crippen MR) is 196 cm³/mol. The largest absolute Gasteiger partial charge is 0.426 e. The molecule has 47 heavy (non-hydrogen) atoms. The van der Waals surface area contributed by atoms with Gasteiger partial charge in [-0.15, -0.1) is 0 Å². The van der Waals surface area contributed by atoms with Crippen LogP contribution < -0.4 is 14.5 Å². The number of esters is 1. The van der Waals surface area contributed by atoms with Crippen LogP contribution in [0, 0.1) is 19.8 Å². The van der Waals surface area contributed by atoms with Gasteiger partial charge in [-0.2, -0.15) is 0 Å². The van der Waals surface area contributed by atoms with Crippen molar-refractivity contribution in [3.63, 3.8) is 0 Å². The summed E-state index contributed by atoms with van der Waals surface area (Å²) in [5.41, 5.74) is 11.1. The molecule has 0 amide bonds. The normalized spacial score (nSPS) is 11.5. The highest BCUT2D eigenvalue weighted by atomic mass is 16.5. The molecule has 0 saturated carbocycles. The summed E-state index contributed by atoms with van der Waals surface area (Å²) in [5, 5.41) is 0. The maximum atomic E-state index is 12.4. The van der Waals surface area contributed by atoms with E-state index in [9.17, 15) is 4.79 Å². The highest BCUT2D eigenvalue weighted by Crippen LogP contribution is 2.38. The summed E-state index contributed by atoms with van der Waals surface area (Å²) in [6.45, 7) is 8.10. The molecule has 0 heterocycles. The van der Waals surface area contributed by atoms with Crippen LogP contribution in [-0.2, 0) is 4.79 Å². The maximum absolute atomic E-state index is 12.4. The average molecular weight is 617 g/mol. The number of para-hydroxylation sites is 1. The molecule has 0 N–H and O–H groups in total. The quantitative estimate of drug-likeness (QED) is 0.113. The van der Waals surface area contributed by atoms with Crippen molar-refractivity contribution in [1.82, 2.24) is 0 Å². The van der Waals surface area contributed by atoms with E-state index in [1.807, 2.05) is 44.2 Å². The number of hydrogen-bond acceptors (Lipinski definition) is 4. The van der Waals surface area contributed by atoms with Crippen molar-refractivity contribution < 1.29 is 9.53 Å². The van der Waals surface area contributed by atoms with Crippen LogP contribution in [0.4, 0.5) is 34.1 Å². The zero-order valence-electron chi connectivity index (χ0n) is 27.4. The van der Waals surface area contributed by atoms with Crippen LogP contribution in [0.5, 0.6) is 5.75 Å². The molecule has 0 saturated heterocycles. The van der Waals surface area contributed by atoms with E-state index in [-0.39, 0.29) is 11.9 Å². The number of ether oxygens (including phenoxy) is 1. The molecule has 0 bridgehead atoms. The molecule has 1 unspecified atom stereocenters. The van der Waals surface area contributed by atoms with Gasteiger partial charge >= 0.3 is 5.97 Å². The Balaban J connectivity index is 1.29. The number of aryl methyl sites for hydroxylation is 2. The van der Waals surface area contributed by atoms with E-state index in [1.165, 1.54) is 11.1 Å². The molecular weight excluding hydrogens is 576 g/mol. The molecule has 6 aromatic rings. The molecule has 0 spiro atoms. The minimum absolute atomic E-state index is 0.135. The number of hydrogen-bond donors (Lipinski definition) is 0. The Morgan fingerprint density at radius 2 is 0.936 bits per heavy atom. The van der Waals surface area contributed by atoms with E-state index in [4.69, 9.17) is 4.74 Å². The summed E-state index contributed by atoms with van der Waals surface area (Å²) in [6, 6.07) is 52.7.